The molecule has 0 aliphatic heterocycles. The zero-order valence-electron chi connectivity index (χ0n) is 40.2. The van der Waals surface area contributed by atoms with E-state index < -0.39 is 0 Å². The summed E-state index contributed by atoms with van der Waals surface area (Å²) >= 11 is 0. The Bertz CT molecular complexity index is 3510. The number of hydrogen-bond donors (Lipinski definition) is 0. The van der Waals surface area contributed by atoms with Crippen LogP contribution in [0.25, 0.3) is 94.5 Å². The molecule has 6 aromatic carbocycles. The number of fused-ring (bicyclic) bond motifs is 8. The Labute approximate surface area is 411 Å². The number of para-hydroxylation sites is 3. The van der Waals surface area contributed by atoms with Crippen molar-refractivity contribution in [3.05, 3.63) is 169 Å². The molecule has 0 saturated heterocycles. The van der Waals surface area contributed by atoms with Crippen LogP contribution in [0, 0.1) is 12.3 Å². The number of imidazole rings is 1. The smallest absolute Gasteiger partial charge is 0.177 e. The molecule has 0 unspecified atom stereocenters. The van der Waals surface area contributed by atoms with Gasteiger partial charge in [-0.25, -0.2) is 0 Å². The Morgan fingerprint density at radius 1 is 0.588 bits per heavy atom. The molecule has 5 heterocycles. The van der Waals surface area contributed by atoms with Crippen molar-refractivity contribution in [2.45, 2.75) is 91.9 Å². The fraction of sp³-hybridized carbons (Fsp3) is 0.237. The van der Waals surface area contributed by atoms with Gasteiger partial charge in [0.2, 0.25) is 0 Å². The van der Waals surface area contributed by atoms with E-state index in [2.05, 4.69) is 197 Å². The molecule has 0 bridgehead atoms. The van der Waals surface area contributed by atoms with Gasteiger partial charge in [0.25, 0.3) is 0 Å². The van der Waals surface area contributed by atoms with Crippen LogP contribution in [0.5, 0.6) is 0 Å². The molecule has 8 nitrogen and oxygen atoms in total. The van der Waals surface area contributed by atoms with Crippen molar-refractivity contribution in [1.29, 1.82) is 0 Å². The van der Waals surface area contributed by atoms with Crippen molar-refractivity contribution in [2.24, 2.45) is 0 Å². The van der Waals surface area contributed by atoms with Crippen molar-refractivity contribution >= 4 is 54.9 Å². The number of rotatable bonds is 6. The predicted octanol–water partition coefficient (Wildman–Crippen LogP) is 15.5. The van der Waals surface area contributed by atoms with Crippen molar-refractivity contribution in [3.8, 4) is 39.6 Å². The molecule has 11 rings (SSSR count). The van der Waals surface area contributed by atoms with E-state index in [0.29, 0.717) is 5.82 Å². The standard InChI is InChI=1S/C43H33N2O2.C16H21N4.Ir/c1-25(2)34-23-28(27-13-6-5-7-14-27)24-35(26(3)4)39(34)45-37-19-10-9-18-36(37)44-43(45)33-17-12-16-30-32-22-21-31-29-15-8-11-20-38(29)46-41(31)42(32)47-40(30)33;1-15(2,3)12-9-17-13(18-10-12)11-7-19-14(20-8-11)16(4,5)6;/h5-16,18-26H,1-4H3;7,9-10H,1-6H3;/q2*-1;. The molecule has 68 heavy (non-hydrogen) atoms. The molecular weight excluding hydrogens is 1020 g/mol. The van der Waals surface area contributed by atoms with Gasteiger partial charge in [-0.1, -0.05) is 159 Å². The van der Waals surface area contributed by atoms with Crippen molar-refractivity contribution in [1.82, 2.24) is 29.5 Å². The largest absolute Gasteiger partial charge is 0.497 e. The second-order valence-electron chi connectivity index (χ2n) is 20.1. The Hall–Kier alpha value is -6.80. The molecule has 11 aromatic rings. The minimum atomic E-state index is -0.0774. The van der Waals surface area contributed by atoms with Gasteiger partial charge in [0.05, 0.1) is 28.3 Å². The summed E-state index contributed by atoms with van der Waals surface area (Å²) in [6.45, 7) is 21.8. The van der Waals surface area contributed by atoms with E-state index in [1.54, 1.807) is 6.20 Å². The Balaban J connectivity index is 0.000000232. The van der Waals surface area contributed by atoms with E-state index in [1.807, 2.05) is 36.7 Å². The van der Waals surface area contributed by atoms with E-state index in [-0.39, 0.29) is 42.8 Å². The second kappa shape index (κ2) is 18.0. The number of nitrogens with zero attached hydrogens (tertiary/aromatic N) is 6. The quantitative estimate of drug-likeness (QED) is 0.153. The summed E-state index contributed by atoms with van der Waals surface area (Å²) in [5.74, 6) is 2.74. The molecule has 5 aromatic heterocycles. The molecule has 0 saturated carbocycles. The molecular formula is C59H54IrN6O2-2. The van der Waals surface area contributed by atoms with Gasteiger partial charge in [-0.15, -0.1) is 18.2 Å². The SMILES string of the molecule is CC(C)(C)c1cnc(-c2[c-]nc(C(C)(C)C)nc2)nc1.CC(C)c1cc(-c2ccccc2)cc(C(C)C)c1-n1c(-c2[c-]ccc3c2oc2c3ccc3c4ccccc4oc32)nc2ccccc21.[Ir]. The van der Waals surface area contributed by atoms with Crippen LogP contribution in [0.2, 0.25) is 0 Å². The first kappa shape index (κ1) is 46.3. The maximum absolute atomic E-state index is 6.82. The Morgan fingerprint density at radius 3 is 1.85 bits per heavy atom. The summed E-state index contributed by atoms with van der Waals surface area (Å²) in [6.07, 6.45) is 8.43. The van der Waals surface area contributed by atoms with Crippen LogP contribution in [-0.4, -0.2) is 29.5 Å². The summed E-state index contributed by atoms with van der Waals surface area (Å²) in [5, 5.41) is 4.16. The van der Waals surface area contributed by atoms with Crippen LogP contribution in [0.3, 0.4) is 0 Å². The number of hydrogen-bond acceptors (Lipinski definition) is 7. The second-order valence-corrected chi connectivity index (χ2v) is 20.1. The van der Waals surface area contributed by atoms with Gasteiger partial charge in [0.15, 0.2) is 11.2 Å². The Kier molecular flexibility index (Phi) is 12.3. The van der Waals surface area contributed by atoms with Crippen LogP contribution in [0.1, 0.15) is 104 Å². The minimum Gasteiger partial charge on any atom is -0.497 e. The summed E-state index contributed by atoms with van der Waals surface area (Å²) in [4.78, 5) is 22.7. The summed E-state index contributed by atoms with van der Waals surface area (Å²) < 4.78 is 15.6. The van der Waals surface area contributed by atoms with Crippen LogP contribution >= 0.6 is 0 Å². The van der Waals surface area contributed by atoms with Crippen LogP contribution in [0.15, 0.2) is 143 Å². The molecule has 0 N–H and O–H groups in total. The molecule has 1 radical (unpaired) electrons. The van der Waals surface area contributed by atoms with E-state index in [9.17, 15) is 0 Å². The van der Waals surface area contributed by atoms with Crippen LogP contribution < -0.4 is 0 Å². The van der Waals surface area contributed by atoms with Crippen molar-refractivity contribution < 1.29 is 28.9 Å². The maximum Gasteiger partial charge on any atom is 0.177 e. The van der Waals surface area contributed by atoms with Crippen molar-refractivity contribution in [3.63, 3.8) is 0 Å². The van der Waals surface area contributed by atoms with E-state index >= 15 is 0 Å². The van der Waals surface area contributed by atoms with E-state index in [4.69, 9.17) is 13.8 Å². The van der Waals surface area contributed by atoms with Gasteiger partial charge < -0.3 is 23.4 Å². The van der Waals surface area contributed by atoms with E-state index in [1.165, 1.54) is 27.9 Å². The zero-order chi connectivity index (χ0) is 46.8. The van der Waals surface area contributed by atoms with Gasteiger partial charge in [0, 0.05) is 60.2 Å². The first-order valence-electron chi connectivity index (χ1n) is 23.1. The van der Waals surface area contributed by atoms with Crippen LogP contribution in [-0.2, 0) is 30.9 Å². The van der Waals surface area contributed by atoms with Gasteiger partial charge >= 0.3 is 0 Å². The maximum atomic E-state index is 6.82. The number of aromatic nitrogens is 6. The van der Waals surface area contributed by atoms with Crippen molar-refractivity contribution in [2.75, 3.05) is 0 Å². The fourth-order valence-corrected chi connectivity index (χ4v) is 8.80. The summed E-state index contributed by atoms with van der Waals surface area (Å²) in [7, 11) is 0. The summed E-state index contributed by atoms with van der Waals surface area (Å²) in [6, 6.07) is 43.9. The Morgan fingerprint density at radius 2 is 1.21 bits per heavy atom. The molecule has 0 amide bonds. The molecule has 0 aliphatic carbocycles. The average molecular weight is 1070 g/mol. The molecule has 343 valence electrons. The molecule has 0 fully saturated rings. The first-order chi connectivity index (χ1) is 32.2. The number of furan rings is 2. The third-order valence-corrected chi connectivity index (χ3v) is 12.5. The monoisotopic (exact) mass is 1070 g/mol. The molecule has 9 heteroatoms. The number of benzene rings is 6. The predicted molar refractivity (Wildman–Crippen MR) is 273 cm³/mol. The van der Waals surface area contributed by atoms with Gasteiger partial charge in [-0.05, 0) is 93.1 Å². The van der Waals surface area contributed by atoms with Gasteiger partial charge in [-0.2, -0.15) is 0 Å². The van der Waals surface area contributed by atoms with Crippen LogP contribution in [0.4, 0.5) is 0 Å². The summed E-state index contributed by atoms with van der Waals surface area (Å²) in [5.41, 5.74) is 13.9. The average Bonchev–Trinajstić information content (AvgIpc) is 4.03. The molecule has 0 aliphatic rings. The topological polar surface area (TPSA) is 95.7 Å². The minimum absolute atomic E-state index is 0. The third kappa shape index (κ3) is 8.43. The van der Waals surface area contributed by atoms with E-state index in [0.717, 1.165) is 83.2 Å². The first-order valence-corrected chi connectivity index (χ1v) is 23.1. The zero-order valence-corrected chi connectivity index (χ0v) is 42.6. The normalized spacial score (nSPS) is 12.1. The molecule has 0 spiro atoms. The van der Waals surface area contributed by atoms with Gasteiger partial charge in [0.1, 0.15) is 5.58 Å². The fourth-order valence-electron chi connectivity index (χ4n) is 8.80. The third-order valence-electron chi connectivity index (χ3n) is 12.5. The molecule has 0 atom stereocenters. The van der Waals surface area contributed by atoms with Gasteiger partial charge in [-0.3, -0.25) is 15.0 Å².